The second-order valence-corrected chi connectivity index (χ2v) is 6.10. The third-order valence-corrected chi connectivity index (χ3v) is 4.47. The van der Waals surface area contributed by atoms with Crippen molar-refractivity contribution in [3.63, 3.8) is 0 Å². The first kappa shape index (κ1) is 10.7. The Balaban J connectivity index is 2.77. The molecule has 1 N–H and O–H groups in total. The Morgan fingerprint density at radius 2 is 2.10 bits per heavy atom. The van der Waals surface area contributed by atoms with Crippen molar-refractivity contribution in [1.29, 1.82) is 0 Å². The molecule has 0 aliphatic heterocycles. The molecule has 0 aliphatic rings. The van der Waals surface area contributed by atoms with Crippen LogP contribution in [0.15, 0.2) is 0 Å². The van der Waals surface area contributed by atoms with Gasteiger partial charge >= 0.3 is 74.2 Å². The SMILES string of the molecule is CCCC[Te]CC[C@@H](C)O. The van der Waals surface area contributed by atoms with Gasteiger partial charge in [-0.1, -0.05) is 0 Å². The third kappa shape index (κ3) is 8.75. The van der Waals surface area contributed by atoms with E-state index in [0.717, 1.165) is 6.42 Å². The van der Waals surface area contributed by atoms with Crippen molar-refractivity contribution in [1.82, 2.24) is 0 Å². The number of unbranched alkanes of at least 4 members (excludes halogenated alkanes) is 1. The predicted octanol–water partition coefficient (Wildman–Crippen LogP) is 2.10. The van der Waals surface area contributed by atoms with Crippen molar-refractivity contribution in [3.05, 3.63) is 0 Å². The molecular formula is C8H18OTe. The van der Waals surface area contributed by atoms with Crippen LogP contribution in [0.25, 0.3) is 0 Å². The number of aliphatic hydroxyl groups is 1. The van der Waals surface area contributed by atoms with E-state index in [1.165, 1.54) is 21.8 Å². The Labute approximate surface area is 74.3 Å². The van der Waals surface area contributed by atoms with E-state index in [2.05, 4.69) is 6.92 Å². The first-order valence-corrected chi connectivity index (χ1v) is 7.32. The summed E-state index contributed by atoms with van der Waals surface area (Å²) in [5.74, 6) is 0. The van der Waals surface area contributed by atoms with Crippen molar-refractivity contribution in [3.8, 4) is 0 Å². The molecule has 0 bridgehead atoms. The molecule has 0 fully saturated rings. The number of rotatable bonds is 6. The van der Waals surface area contributed by atoms with Crippen LogP contribution in [0.4, 0.5) is 0 Å². The predicted molar refractivity (Wildman–Crippen MR) is 46.6 cm³/mol. The average molecular weight is 258 g/mol. The van der Waals surface area contributed by atoms with Gasteiger partial charge in [-0.25, -0.2) is 0 Å². The van der Waals surface area contributed by atoms with Gasteiger partial charge in [-0.3, -0.25) is 0 Å². The Morgan fingerprint density at radius 1 is 1.40 bits per heavy atom. The van der Waals surface area contributed by atoms with Crippen molar-refractivity contribution < 1.29 is 5.11 Å². The fourth-order valence-electron chi connectivity index (χ4n) is 0.602. The summed E-state index contributed by atoms with van der Waals surface area (Å²) in [5.41, 5.74) is 0. The van der Waals surface area contributed by atoms with Gasteiger partial charge < -0.3 is 0 Å². The van der Waals surface area contributed by atoms with Gasteiger partial charge in [0, 0.05) is 0 Å². The summed E-state index contributed by atoms with van der Waals surface area (Å²) >= 11 is 0.267. The Hall–Kier alpha value is 0.750. The molecule has 0 aromatic carbocycles. The minimum atomic E-state index is -0.0632. The second-order valence-electron chi connectivity index (χ2n) is 2.60. The summed E-state index contributed by atoms with van der Waals surface area (Å²) in [6.45, 7) is 4.12. The molecule has 0 aliphatic carbocycles. The second kappa shape index (κ2) is 7.85. The molecule has 0 rings (SSSR count). The van der Waals surface area contributed by atoms with Crippen LogP contribution in [0.2, 0.25) is 8.94 Å². The molecule has 0 spiro atoms. The van der Waals surface area contributed by atoms with Crippen LogP contribution in [0.3, 0.4) is 0 Å². The van der Waals surface area contributed by atoms with Crippen molar-refractivity contribution in [2.75, 3.05) is 0 Å². The van der Waals surface area contributed by atoms with Gasteiger partial charge in [-0.15, -0.1) is 0 Å². The zero-order valence-electron chi connectivity index (χ0n) is 6.97. The van der Waals surface area contributed by atoms with Gasteiger partial charge in [-0.05, 0) is 0 Å². The maximum absolute atomic E-state index is 8.93. The van der Waals surface area contributed by atoms with Crippen molar-refractivity contribution in [2.24, 2.45) is 0 Å². The van der Waals surface area contributed by atoms with E-state index in [-0.39, 0.29) is 27.0 Å². The van der Waals surface area contributed by atoms with E-state index in [9.17, 15) is 0 Å². The zero-order valence-corrected chi connectivity index (χ0v) is 9.30. The van der Waals surface area contributed by atoms with Gasteiger partial charge in [0.1, 0.15) is 0 Å². The Kier molecular flexibility index (Phi) is 8.44. The fourth-order valence-corrected chi connectivity index (χ4v) is 4.04. The summed E-state index contributed by atoms with van der Waals surface area (Å²) < 4.78 is 2.79. The summed E-state index contributed by atoms with van der Waals surface area (Å²) in [6.07, 6.45) is 3.71. The quantitative estimate of drug-likeness (QED) is 0.571. The summed E-state index contributed by atoms with van der Waals surface area (Å²) in [5, 5.41) is 8.93. The third-order valence-electron chi connectivity index (χ3n) is 1.32. The van der Waals surface area contributed by atoms with Gasteiger partial charge in [0.05, 0.1) is 0 Å². The molecule has 10 heavy (non-hydrogen) atoms. The van der Waals surface area contributed by atoms with Crippen LogP contribution in [0.1, 0.15) is 33.1 Å². The summed E-state index contributed by atoms with van der Waals surface area (Å²) in [6, 6.07) is 0. The van der Waals surface area contributed by atoms with E-state index in [4.69, 9.17) is 5.11 Å². The molecule has 0 aromatic rings. The van der Waals surface area contributed by atoms with E-state index < -0.39 is 0 Å². The van der Waals surface area contributed by atoms with Gasteiger partial charge in [0.15, 0.2) is 0 Å². The monoisotopic (exact) mass is 260 g/mol. The summed E-state index contributed by atoms with van der Waals surface area (Å²) in [4.78, 5) is 0. The molecule has 0 radical (unpaired) electrons. The van der Waals surface area contributed by atoms with E-state index in [0.29, 0.717) is 0 Å². The molecular weight excluding hydrogens is 240 g/mol. The van der Waals surface area contributed by atoms with Crippen LogP contribution >= 0.6 is 0 Å². The van der Waals surface area contributed by atoms with Crippen LogP contribution in [0, 0.1) is 0 Å². The fraction of sp³-hybridized carbons (Fsp3) is 1.00. The number of hydrogen-bond donors (Lipinski definition) is 1. The summed E-state index contributed by atoms with van der Waals surface area (Å²) in [7, 11) is 0. The molecule has 0 aromatic heterocycles. The standard InChI is InChI=1S/C8H18OTe/c1-3-4-6-10-7-5-8(2)9/h8-9H,3-7H2,1-2H3/t8-/m1/s1. The van der Waals surface area contributed by atoms with Gasteiger partial charge in [0.25, 0.3) is 0 Å². The van der Waals surface area contributed by atoms with Crippen LogP contribution < -0.4 is 0 Å². The number of aliphatic hydroxyl groups excluding tert-OH is 1. The van der Waals surface area contributed by atoms with Crippen LogP contribution in [-0.4, -0.2) is 32.1 Å². The molecule has 62 valence electrons. The van der Waals surface area contributed by atoms with Gasteiger partial charge in [-0.2, -0.15) is 0 Å². The normalized spacial score (nSPS) is 13.5. The zero-order chi connectivity index (χ0) is 7.82. The molecule has 0 amide bonds. The van der Waals surface area contributed by atoms with Crippen LogP contribution in [-0.2, 0) is 0 Å². The molecule has 2 heteroatoms. The Morgan fingerprint density at radius 3 is 2.60 bits per heavy atom. The van der Waals surface area contributed by atoms with E-state index in [1.54, 1.807) is 0 Å². The molecule has 0 heterocycles. The molecule has 0 saturated carbocycles. The topological polar surface area (TPSA) is 20.2 Å². The van der Waals surface area contributed by atoms with Crippen molar-refractivity contribution >= 4 is 20.9 Å². The molecule has 1 nitrogen and oxygen atoms in total. The average Bonchev–Trinajstić information content (AvgIpc) is 1.87. The number of hydrogen-bond acceptors (Lipinski definition) is 1. The molecule has 0 unspecified atom stereocenters. The maximum atomic E-state index is 8.93. The molecule has 0 saturated heterocycles. The Bertz CT molecular complexity index is 64.3. The van der Waals surface area contributed by atoms with Gasteiger partial charge in [0.2, 0.25) is 0 Å². The molecule has 1 atom stereocenters. The van der Waals surface area contributed by atoms with E-state index in [1.807, 2.05) is 6.92 Å². The minimum absolute atomic E-state index is 0.0632. The van der Waals surface area contributed by atoms with E-state index >= 15 is 0 Å². The first-order chi connectivity index (χ1) is 4.77. The van der Waals surface area contributed by atoms with Crippen LogP contribution in [0.5, 0.6) is 0 Å². The first-order valence-electron chi connectivity index (χ1n) is 4.03. The van der Waals surface area contributed by atoms with Crippen molar-refractivity contribution in [2.45, 2.75) is 48.2 Å².